The summed E-state index contributed by atoms with van der Waals surface area (Å²) < 4.78 is 30.9. The molecule has 8 nitrogen and oxygen atoms in total. The van der Waals surface area contributed by atoms with Crippen LogP contribution in [0.2, 0.25) is 4.34 Å². The monoisotopic (exact) mass is 357 g/mol. The summed E-state index contributed by atoms with van der Waals surface area (Å²) in [7, 11) is -0.369. The fourth-order valence-corrected chi connectivity index (χ4v) is 4.13. The number of nitro groups is 1. The molecule has 1 rings (SSSR count). The van der Waals surface area contributed by atoms with E-state index >= 15 is 0 Å². The lowest BCUT2D eigenvalue weighted by atomic mass is 10.5. The van der Waals surface area contributed by atoms with Crippen LogP contribution in [0.25, 0.3) is 0 Å². The number of halogens is 1. The zero-order chi connectivity index (χ0) is 16.0. The molecule has 1 aromatic heterocycles. The number of thiophene rings is 1. The van der Waals surface area contributed by atoms with Crippen LogP contribution in [0.15, 0.2) is 10.3 Å². The second kappa shape index (κ2) is 8.01. The Morgan fingerprint density at radius 3 is 2.71 bits per heavy atom. The van der Waals surface area contributed by atoms with Gasteiger partial charge in [-0.1, -0.05) is 11.6 Å². The summed E-state index contributed by atoms with van der Waals surface area (Å²) >= 11 is 6.31. The van der Waals surface area contributed by atoms with Crippen molar-refractivity contribution in [2.75, 3.05) is 40.4 Å². The molecule has 0 saturated heterocycles. The molecule has 0 aliphatic rings. The van der Waals surface area contributed by atoms with Gasteiger partial charge in [0.25, 0.3) is 5.69 Å². The van der Waals surface area contributed by atoms with Gasteiger partial charge in [-0.2, -0.15) is 0 Å². The first-order chi connectivity index (χ1) is 9.77. The van der Waals surface area contributed by atoms with Gasteiger partial charge in [-0.15, -0.1) is 11.3 Å². The molecule has 0 aromatic carbocycles. The minimum absolute atomic E-state index is 0.155. The van der Waals surface area contributed by atoms with Crippen molar-refractivity contribution >= 4 is 38.6 Å². The molecule has 21 heavy (non-hydrogen) atoms. The molecule has 0 aliphatic heterocycles. The molecule has 0 amide bonds. The highest BCUT2D eigenvalue weighted by atomic mass is 35.5. The molecule has 1 aromatic rings. The Labute approximate surface area is 131 Å². The number of hydrogen-bond donors (Lipinski definition) is 1. The van der Waals surface area contributed by atoms with Crippen LogP contribution in [0.5, 0.6) is 0 Å². The van der Waals surface area contributed by atoms with E-state index in [1.807, 2.05) is 11.9 Å². The van der Waals surface area contributed by atoms with Crippen LogP contribution in [0.4, 0.5) is 5.69 Å². The van der Waals surface area contributed by atoms with Crippen molar-refractivity contribution in [1.82, 2.24) is 9.62 Å². The largest absolute Gasteiger partial charge is 0.383 e. The average Bonchev–Trinajstić information content (AvgIpc) is 2.79. The minimum Gasteiger partial charge on any atom is -0.383 e. The molecule has 0 fully saturated rings. The summed E-state index contributed by atoms with van der Waals surface area (Å²) in [5.41, 5.74) is -0.403. The Balaban J connectivity index is 2.62. The Bertz CT molecular complexity index is 590. The molecule has 0 bridgehead atoms. The lowest BCUT2D eigenvalue weighted by molar-refractivity contribution is -0.384. The number of nitrogens with zero attached hydrogens (tertiary/aromatic N) is 2. The van der Waals surface area contributed by atoms with Gasteiger partial charge in [-0.25, -0.2) is 13.1 Å². The van der Waals surface area contributed by atoms with Crippen LogP contribution in [-0.4, -0.2) is 58.6 Å². The fourth-order valence-electron chi connectivity index (χ4n) is 1.40. The van der Waals surface area contributed by atoms with E-state index in [1.165, 1.54) is 0 Å². The van der Waals surface area contributed by atoms with Crippen LogP contribution in [-0.2, 0) is 14.8 Å². The number of hydrogen-bond acceptors (Lipinski definition) is 7. The number of nitrogens with one attached hydrogen (secondary N) is 1. The van der Waals surface area contributed by atoms with E-state index < -0.39 is 20.6 Å². The predicted molar refractivity (Wildman–Crippen MR) is 80.5 cm³/mol. The second-order valence-electron chi connectivity index (χ2n) is 4.18. The average molecular weight is 358 g/mol. The third-order valence-electron chi connectivity index (χ3n) is 2.57. The van der Waals surface area contributed by atoms with Crippen molar-refractivity contribution in [2.45, 2.75) is 4.21 Å². The number of rotatable bonds is 9. The van der Waals surface area contributed by atoms with E-state index in [2.05, 4.69) is 4.72 Å². The summed E-state index contributed by atoms with van der Waals surface area (Å²) in [6.07, 6.45) is 0. The van der Waals surface area contributed by atoms with Crippen LogP contribution >= 0.6 is 22.9 Å². The van der Waals surface area contributed by atoms with Gasteiger partial charge in [0.2, 0.25) is 10.0 Å². The first-order valence-corrected chi connectivity index (χ1v) is 8.56. The van der Waals surface area contributed by atoms with Gasteiger partial charge in [0.15, 0.2) is 4.34 Å². The van der Waals surface area contributed by atoms with Crippen LogP contribution in [0, 0.1) is 10.1 Å². The lowest BCUT2D eigenvalue weighted by Gasteiger charge is -2.15. The highest BCUT2D eigenvalue weighted by molar-refractivity contribution is 7.91. The molecule has 1 heterocycles. The van der Waals surface area contributed by atoms with E-state index in [0.29, 0.717) is 31.0 Å². The molecule has 11 heteroatoms. The number of methoxy groups -OCH3 is 1. The smallest absolute Gasteiger partial charge is 0.300 e. The Morgan fingerprint density at radius 1 is 1.52 bits per heavy atom. The SMILES string of the molecule is COCCN(C)CCNS(=O)(=O)c1cc([N+](=O)[O-])c(Cl)s1. The first kappa shape index (κ1) is 18.3. The maximum atomic E-state index is 12.0. The van der Waals surface area contributed by atoms with E-state index in [-0.39, 0.29) is 15.1 Å². The van der Waals surface area contributed by atoms with Gasteiger partial charge in [0.05, 0.1) is 11.5 Å². The van der Waals surface area contributed by atoms with E-state index in [9.17, 15) is 18.5 Å². The normalized spacial score (nSPS) is 12.0. The van der Waals surface area contributed by atoms with Gasteiger partial charge >= 0.3 is 0 Å². The fraction of sp³-hybridized carbons (Fsp3) is 0.600. The molecule has 0 radical (unpaired) electrons. The summed E-state index contributed by atoms with van der Waals surface area (Å²) in [5, 5.41) is 10.7. The highest BCUT2D eigenvalue weighted by Crippen LogP contribution is 2.35. The predicted octanol–water partition coefficient (Wildman–Crippen LogP) is 1.17. The Kier molecular flexibility index (Phi) is 6.97. The molecule has 0 unspecified atom stereocenters. The number of sulfonamides is 1. The summed E-state index contributed by atoms with van der Waals surface area (Å²) in [6.45, 7) is 1.90. The second-order valence-corrected chi connectivity index (χ2v) is 7.82. The molecule has 120 valence electrons. The van der Waals surface area contributed by atoms with E-state index in [1.54, 1.807) is 7.11 Å². The standard InChI is InChI=1S/C10H16ClN3O5S2/c1-13(5-6-19-2)4-3-12-21(17,18)9-7-8(14(15)16)10(11)20-9/h7,12H,3-6H2,1-2H3. The lowest BCUT2D eigenvalue weighted by Crippen LogP contribution is -2.34. The minimum atomic E-state index is -3.79. The van der Waals surface area contributed by atoms with E-state index in [4.69, 9.17) is 16.3 Å². The zero-order valence-corrected chi connectivity index (χ0v) is 13.9. The maximum absolute atomic E-state index is 12.0. The van der Waals surface area contributed by atoms with Gasteiger partial charge in [0.1, 0.15) is 4.21 Å². The highest BCUT2D eigenvalue weighted by Gasteiger charge is 2.24. The van der Waals surface area contributed by atoms with Crippen LogP contribution in [0.3, 0.4) is 0 Å². The van der Waals surface area contributed by atoms with Gasteiger partial charge < -0.3 is 9.64 Å². The van der Waals surface area contributed by atoms with Crippen molar-refractivity contribution in [3.8, 4) is 0 Å². The summed E-state index contributed by atoms with van der Waals surface area (Å²) in [4.78, 5) is 11.8. The molecule has 1 N–H and O–H groups in total. The topological polar surface area (TPSA) is 102 Å². The van der Waals surface area contributed by atoms with Crippen molar-refractivity contribution in [1.29, 1.82) is 0 Å². The van der Waals surface area contributed by atoms with Gasteiger partial charge in [-0.05, 0) is 7.05 Å². The van der Waals surface area contributed by atoms with Gasteiger partial charge in [-0.3, -0.25) is 10.1 Å². The Morgan fingerprint density at radius 2 is 2.19 bits per heavy atom. The first-order valence-electron chi connectivity index (χ1n) is 5.89. The van der Waals surface area contributed by atoms with Crippen molar-refractivity contribution in [3.63, 3.8) is 0 Å². The van der Waals surface area contributed by atoms with Gasteiger partial charge in [0, 0.05) is 32.8 Å². The third kappa shape index (κ3) is 5.49. The molecule has 0 atom stereocenters. The Hall–Kier alpha value is -0.780. The molecular weight excluding hydrogens is 342 g/mol. The molecule has 0 saturated carbocycles. The zero-order valence-electron chi connectivity index (χ0n) is 11.5. The molecule has 0 spiro atoms. The van der Waals surface area contributed by atoms with Crippen molar-refractivity contribution in [3.05, 3.63) is 20.5 Å². The van der Waals surface area contributed by atoms with Crippen LogP contribution in [0.1, 0.15) is 0 Å². The summed E-state index contributed by atoms with van der Waals surface area (Å²) in [6, 6.07) is 0.962. The van der Waals surface area contributed by atoms with E-state index in [0.717, 1.165) is 6.07 Å². The number of ether oxygens (including phenoxy) is 1. The summed E-state index contributed by atoms with van der Waals surface area (Å²) in [5.74, 6) is 0. The van der Waals surface area contributed by atoms with Crippen molar-refractivity contribution < 1.29 is 18.1 Å². The van der Waals surface area contributed by atoms with Crippen molar-refractivity contribution in [2.24, 2.45) is 0 Å². The van der Waals surface area contributed by atoms with Crippen LogP contribution < -0.4 is 4.72 Å². The maximum Gasteiger partial charge on any atom is 0.300 e. The molecular formula is C10H16ClN3O5S2. The number of likely N-dealkylation sites (N-methyl/N-ethyl adjacent to an activating group) is 1. The molecule has 0 aliphatic carbocycles. The quantitative estimate of drug-likeness (QED) is 0.525. The third-order valence-corrected chi connectivity index (χ3v) is 5.84.